The van der Waals surface area contributed by atoms with Gasteiger partial charge in [-0.05, 0) is 26.8 Å². The Kier molecular flexibility index (Phi) is 5.18. The highest BCUT2D eigenvalue weighted by Gasteiger charge is 2.42. The van der Waals surface area contributed by atoms with Crippen LogP contribution in [-0.2, 0) is 9.47 Å². The van der Waals surface area contributed by atoms with Crippen molar-refractivity contribution in [2.24, 2.45) is 0 Å². The first-order valence-corrected chi connectivity index (χ1v) is 10.3. The fourth-order valence-corrected chi connectivity index (χ4v) is 5.23. The summed E-state index contributed by atoms with van der Waals surface area (Å²) in [6, 6.07) is 0. The van der Waals surface area contributed by atoms with Gasteiger partial charge in [0, 0.05) is 51.5 Å². The molecule has 1 spiro atoms. The molecule has 0 unspecified atom stereocenters. The fraction of sp³-hybridized carbons (Fsp3) is 0.778. The smallest absolute Gasteiger partial charge is 0.266 e. The topological polar surface area (TPSA) is 58.1 Å². The third-order valence-corrected chi connectivity index (χ3v) is 7.18. The number of hydrogen-bond acceptors (Lipinski definition) is 7. The molecule has 26 heavy (non-hydrogen) atoms. The molecule has 1 amide bonds. The fourth-order valence-electron chi connectivity index (χ4n) is 4.14. The maximum atomic E-state index is 13.3. The molecule has 0 radical (unpaired) electrons. The molecule has 0 N–H and O–H groups in total. The number of likely N-dealkylation sites (N-methyl/N-ethyl adjacent to an activating group) is 1. The van der Waals surface area contributed by atoms with Gasteiger partial charge < -0.3 is 19.3 Å². The number of carbonyl (C=O) groups excluding carboxylic acids is 1. The summed E-state index contributed by atoms with van der Waals surface area (Å²) < 4.78 is 11.0. The maximum absolute atomic E-state index is 13.3. The lowest BCUT2D eigenvalue weighted by Gasteiger charge is -2.51. The lowest BCUT2D eigenvalue weighted by atomic mass is 9.86. The molecule has 8 heteroatoms. The Bertz CT molecular complexity index is 653. The Morgan fingerprint density at radius 3 is 2.50 bits per heavy atom. The molecule has 3 aliphatic rings. The van der Waals surface area contributed by atoms with Gasteiger partial charge in [-0.15, -0.1) is 0 Å². The number of aromatic nitrogens is 1. The van der Waals surface area contributed by atoms with Gasteiger partial charge in [0.1, 0.15) is 4.88 Å². The van der Waals surface area contributed by atoms with E-state index in [9.17, 15) is 4.79 Å². The maximum Gasteiger partial charge on any atom is 0.266 e. The number of piperazine rings is 1. The Labute approximate surface area is 158 Å². The van der Waals surface area contributed by atoms with Gasteiger partial charge in [0.25, 0.3) is 5.91 Å². The molecule has 0 bridgehead atoms. The van der Waals surface area contributed by atoms with Crippen LogP contribution in [0.2, 0.25) is 0 Å². The van der Waals surface area contributed by atoms with Crippen molar-refractivity contribution < 1.29 is 14.3 Å². The summed E-state index contributed by atoms with van der Waals surface area (Å²) in [5.74, 6) is 0.137. The van der Waals surface area contributed by atoms with Gasteiger partial charge in [0.15, 0.2) is 5.13 Å². The van der Waals surface area contributed by atoms with Gasteiger partial charge in [-0.25, -0.2) is 4.98 Å². The van der Waals surface area contributed by atoms with Crippen molar-refractivity contribution in [2.45, 2.75) is 25.3 Å². The van der Waals surface area contributed by atoms with Crippen LogP contribution in [0, 0.1) is 6.92 Å². The number of carbonyl (C=O) groups is 1. The molecule has 144 valence electrons. The van der Waals surface area contributed by atoms with Crippen LogP contribution in [0.4, 0.5) is 5.13 Å². The third-order valence-electron chi connectivity index (χ3n) is 5.97. The third kappa shape index (κ3) is 3.35. The highest BCUT2D eigenvalue weighted by atomic mass is 32.1. The monoisotopic (exact) mass is 380 g/mol. The first kappa shape index (κ1) is 18.2. The van der Waals surface area contributed by atoms with E-state index >= 15 is 0 Å². The van der Waals surface area contributed by atoms with Crippen LogP contribution in [0.5, 0.6) is 0 Å². The van der Waals surface area contributed by atoms with Gasteiger partial charge in [-0.2, -0.15) is 0 Å². The molecular formula is C18H28N4O3S. The second-order valence-corrected chi connectivity index (χ2v) is 8.47. The molecule has 3 fully saturated rings. The summed E-state index contributed by atoms with van der Waals surface area (Å²) in [5, 5.41) is 0.948. The number of nitrogens with zero attached hydrogens (tertiary/aromatic N) is 4. The summed E-state index contributed by atoms with van der Waals surface area (Å²) in [5.41, 5.74) is 0.916. The standard InChI is InChI=1S/C18H28N4O3S/c1-14-15(26-17(19-14)21-7-11-25-12-8-21)16(23)22-6-5-20(2)18(13-22)3-9-24-10-4-18/h3-13H2,1-2H3. The van der Waals surface area contributed by atoms with Crippen LogP contribution in [0.3, 0.4) is 0 Å². The SMILES string of the molecule is Cc1nc(N2CCOCC2)sc1C(=O)N1CCN(C)C2(CCOCC2)C1. The highest BCUT2D eigenvalue weighted by molar-refractivity contribution is 7.17. The van der Waals surface area contributed by atoms with Crippen LogP contribution in [0.15, 0.2) is 0 Å². The Balaban J connectivity index is 1.51. The second-order valence-electron chi connectivity index (χ2n) is 7.50. The number of anilines is 1. The first-order valence-electron chi connectivity index (χ1n) is 9.47. The quantitative estimate of drug-likeness (QED) is 0.769. The van der Waals surface area contributed by atoms with E-state index in [-0.39, 0.29) is 11.4 Å². The Hall–Kier alpha value is -1.22. The molecule has 7 nitrogen and oxygen atoms in total. The van der Waals surface area contributed by atoms with E-state index in [2.05, 4.69) is 21.8 Å². The molecule has 4 heterocycles. The molecule has 3 saturated heterocycles. The second kappa shape index (κ2) is 7.42. The molecular weight excluding hydrogens is 352 g/mol. The molecule has 0 aliphatic carbocycles. The van der Waals surface area contributed by atoms with E-state index in [0.717, 1.165) is 87.7 Å². The number of amides is 1. The van der Waals surface area contributed by atoms with Crippen molar-refractivity contribution in [3.8, 4) is 0 Å². The predicted octanol–water partition coefficient (Wildman–Crippen LogP) is 1.22. The van der Waals surface area contributed by atoms with Gasteiger partial charge in [0.2, 0.25) is 0 Å². The van der Waals surface area contributed by atoms with Crippen molar-refractivity contribution in [1.29, 1.82) is 0 Å². The Morgan fingerprint density at radius 2 is 1.77 bits per heavy atom. The number of aryl methyl sites for hydroxylation is 1. The van der Waals surface area contributed by atoms with Crippen molar-refractivity contribution >= 4 is 22.4 Å². The summed E-state index contributed by atoms with van der Waals surface area (Å²) in [4.78, 5) is 25.4. The van der Waals surface area contributed by atoms with Crippen LogP contribution < -0.4 is 4.90 Å². The zero-order valence-electron chi connectivity index (χ0n) is 15.7. The van der Waals surface area contributed by atoms with Crippen molar-refractivity contribution in [3.05, 3.63) is 10.6 Å². The summed E-state index contributed by atoms with van der Waals surface area (Å²) in [7, 11) is 2.18. The lowest BCUT2D eigenvalue weighted by Crippen LogP contribution is -2.63. The average molecular weight is 381 g/mol. The summed E-state index contributed by atoms with van der Waals surface area (Å²) in [6.07, 6.45) is 1.99. The van der Waals surface area contributed by atoms with Gasteiger partial charge in [0.05, 0.1) is 18.9 Å². The zero-order valence-corrected chi connectivity index (χ0v) is 16.5. The largest absolute Gasteiger partial charge is 0.381 e. The molecule has 1 aromatic heterocycles. The predicted molar refractivity (Wildman–Crippen MR) is 101 cm³/mol. The number of hydrogen-bond donors (Lipinski definition) is 0. The zero-order chi connectivity index (χ0) is 18.1. The summed E-state index contributed by atoms with van der Waals surface area (Å²) in [6.45, 7) is 9.15. The van der Waals surface area contributed by atoms with Gasteiger partial charge >= 0.3 is 0 Å². The molecule has 0 atom stereocenters. The van der Waals surface area contributed by atoms with E-state index in [1.165, 1.54) is 11.3 Å². The molecule has 0 saturated carbocycles. The summed E-state index contributed by atoms with van der Waals surface area (Å²) >= 11 is 1.53. The molecule has 1 aromatic rings. The van der Waals surface area contributed by atoms with E-state index < -0.39 is 0 Å². The minimum Gasteiger partial charge on any atom is -0.381 e. The van der Waals surface area contributed by atoms with Crippen molar-refractivity contribution in [2.75, 3.05) is 71.1 Å². The molecule has 0 aromatic carbocycles. The molecule has 3 aliphatic heterocycles. The number of ether oxygens (including phenoxy) is 2. The average Bonchev–Trinajstić information content (AvgIpc) is 3.07. The first-order chi connectivity index (χ1) is 12.6. The number of morpholine rings is 1. The number of rotatable bonds is 2. The highest BCUT2D eigenvalue weighted by Crippen LogP contribution is 2.33. The van der Waals surface area contributed by atoms with E-state index in [4.69, 9.17) is 9.47 Å². The van der Waals surface area contributed by atoms with E-state index in [1.807, 2.05) is 11.8 Å². The molecule has 4 rings (SSSR count). The normalized spacial score (nSPS) is 24.2. The van der Waals surface area contributed by atoms with Gasteiger partial charge in [-0.1, -0.05) is 11.3 Å². The minimum absolute atomic E-state index is 0.0673. The van der Waals surface area contributed by atoms with Crippen LogP contribution >= 0.6 is 11.3 Å². The van der Waals surface area contributed by atoms with Crippen LogP contribution in [0.1, 0.15) is 28.2 Å². The van der Waals surface area contributed by atoms with Crippen LogP contribution in [0.25, 0.3) is 0 Å². The van der Waals surface area contributed by atoms with E-state index in [1.54, 1.807) is 0 Å². The van der Waals surface area contributed by atoms with Crippen LogP contribution in [-0.4, -0.2) is 92.4 Å². The van der Waals surface area contributed by atoms with Crippen molar-refractivity contribution in [1.82, 2.24) is 14.8 Å². The lowest BCUT2D eigenvalue weighted by molar-refractivity contribution is -0.0542. The van der Waals surface area contributed by atoms with E-state index in [0.29, 0.717) is 0 Å². The Morgan fingerprint density at radius 1 is 1.08 bits per heavy atom. The van der Waals surface area contributed by atoms with Crippen molar-refractivity contribution in [3.63, 3.8) is 0 Å². The van der Waals surface area contributed by atoms with Gasteiger partial charge in [-0.3, -0.25) is 9.69 Å². The minimum atomic E-state index is 0.0673. The number of thiazole rings is 1.